The predicted molar refractivity (Wildman–Crippen MR) is 99.2 cm³/mol. The van der Waals surface area contributed by atoms with Gasteiger partial charge in [0.15, 0.2) is 18.3 Å². The van der Waals surface area contributed by atoms with Crippen molar-refractivity contribution in [2.24, 2.45) is 0 Å². The number of hydrogen-bond acceptors (Lipinski definition) is 6. The van der Waals surface area contributed by atoms with E-state index in [1.807, 2.05) is 60.7 Å². The zero-order chi connectivity index (χ0) is 18.9. The van der Waals surface area contributed by atoms with Gasteiger partial charge in [0.2, 0.25) is 0 Å². The molecule has 1 N–H and O–H groups in total. The molecule has 0 aliphatic heterocycles. The van der Waals surface area contributed by atoms with E-state index in [-0.39, 0.29) is 12.4 Å². The Hall–Kier alpha value is -3.58. The Morgan fingerprint density at radius 1 is 0.926 bits per heavy atom. The molecule has 0 unspecified atom stereocenters. The van der Waals surface area contributed by atoms with E-state index in [0.717, 1.165) is 11.1 Å². The van der Waals surface area contributed by atoms with Gasteiger partial charge in [-0.2, -0.15) is 5.16 Å². The molecule has 0 spiro atoms. The number of hydrogen-bond donors (Lipinski definition) is 1. The molecule has 0 aliphatic carbocycles. The number of benzene rings is 2. The maximum absolute atomic E-state index is 10.7. The average molecular weight is 366 g/mol. The number of rotatable bonds is 5. The van der Waals surface area contributed by atoms with Crippen molar-refractivity contribution < 1.29 is 18.5 Å². The molecule has 2 aromatic heterocycles. The quantitative estimate of drug-likeness (QED) is 0.538. The molecule has 7 heteroatoms. The van der Waals surface area contributed by atoms with Crippen LogP contribution in [-0.2, 0) is 4.74 Å². The highest BCUT2D eigenvalue weighted by atomic mass is 16.7. The molecule has 4 aromatic rings. The van der Waals surface area contributed by atoms with E-state index in [9.17, 15) is 4.79 Å². The van der Waals surface area contributed by atoms with Crippen molar-refractivity contribution in [1.29, 1.82) is 0 Å². The monoisotopic (exact) mass is 366 g/mol. The number of methoxy groups -OCH3 is 1. The van der Waals surface area contributed by atoms with Crippen LogP contribution in [0.2, 0.25) is 0 Å². The lowest BCUT2D eigenvalue weighted by Crippen LogP contribution is -1.98. The Morgan fingerprint density at radius 3 is 2.11 bits per heavy atom. The van der Waals surface area contributed by atoms with Crippen LogP contribution in [0.1, 0.15) is 0 Å². The summed E-state index contributed by atoms with van der Waals surface area (Å²) in [5.74, 6) is 1.68. The third kappa shape index (κ3) is 5.20. The fraction of sp³-hybridized carbons (Fsp3) is 0.100. The standard InChI is InChI=1S/C11H11NO3.C9H7NO2/c1-13-8-14-11-7-10(15-12-11)9-5-3-2-4-6-9;11-9-6-8(12-10-9)7-4-2-1-3-5-7/h2-7H,8H2,1H3;1-6H,(H,10,11). The van der Waals surface area contributed by atoms with Crippen LogP contribution in [0.5, 0.6) is 5.88 Å². The number of aromatic amines is 1. The molecule has 7 nitrogen and oxygen atoms in total. The number of ether oxygens (including phenoxy) is 2. The van der Waals surface area contributed by atoms with Crippen molar-refractivity contribution in [1.82, 2.24) is 10.3 Å². The zero-order valence-electron chi connectivity index (χ0n) is 14.6. The van der Waals surface area contributed by atoms with Gasteiger partial charge in [0, 0.05) is 24.3 Å². The first kappa shape index (κ1) is 18.2. The number of nitrogens with zero attached hydrogens (tertiary/aromatic N) is 1. The Balaban J connectivity index is 0.000000159. The molecule has 27 heavy (non-hydrogen) atoms. The van der Waals surface area contributed by atoms with Crippen molar-refractivity contribution in [2.75, 3.05) is 13.9 Å². The average Bonchev–Trinajstić information content (AvgIpc) is 3.37. The van der Waals surface area contributed by atoms with Crippen LogP contribution in [0.4, 0.5) is 0 Å². The molecule has 4 rings (SSSR count). The molecular weight excluding hydrogens is 348 g/mol. The summed E-state index contributed by atoms with van der Waals surface area (Å²) in [6.45, 7) is 0.167. The largest absolute Gasteiger partial charge is 0.448 e. The van der Waals surface area contributed by atoms with Gasteiger partial charge in [0.05, 0.1) is 6.07 Å². The Morgan fingerprint density at radius 2 is 1.56 bits per heavy atom. The minimum atomic E-state index is -0.214. The van der Waals surface area contributed by atoms with Gasteiger partial charge in [0.1, 0.15) is 0 Å². The minimum Gasteiger partial charge on any atom is -0.448 e. The topological polar surface area (TPSA) is 90.5 Å². The molecule has 0 bridgehead atoms. The lowest BCUT2D eigenvalue weighted by molar-refractivity contribution is 0.0453. The Labute approximate surface area is 155 Å². The first-order chi connectivity index (χ1) is 13.3. The lowest BCUT2D eigenvalue weighted by Gasteiger charge is -1.96. The highest BCUT2D eigenvalue weighted by Crippen LogP contribution is 2.22. The van der Waals surface area contributed by atoms with Gasteiger partial charge >= 0.3 is 0 Å². The predicted octanol–water partition coefficient (Wildman–Crippen LogP) is 3.96. The van der Waals surface area contributed by atoms with Crippen molar-refractivity contribution in [2.45, 2.75) is 0 Å². The second-order valence-electron chi connectivity index (χ2n) is 5.39. The summed E-state index contributed by atoms with van der Waals surface area (Å²) in [4.78, 5) is 10.7. The third-order valence-electron chi connectivity index (χ3n) is 3.45. The van der Waals surface area contributed by atoms with E-state index < -0.39 is 0 Å². The van der Waals surface area contributed by atoms with Crippen LogP contribution >= 0.6 is 0 Å². The van der Waals surface area contributed by atoms with Crippen molar-refractivity contribution in [3.63, 3.8) is 0 Å². The van der Waals surface area contributed by atoms with Crippen LogP contribution in [0, 0.1) is 0 Å². The number of aromatic nitrogens is 2. The molecule has 0 saturated carbocycles. The number of nitrogens with one attached hydrogen (secondary N) is 1. The molecule has 0 saturated heterocycles. The summed E-state index contributed by atoms with van der Waals surface area (Å²) < 4.78 is 19.9. The molecule has 0 atom stereocenters. The smallest absolute Gasteiger partial charge is 0.280 e. The van der Waals surface area contributed by atoms with Gasteiger partial charge in [-0.1, -0.05) is 60.7 Å². The summed E-state index contributed by atoms with van der Waals surface area (Å²) >= 11 is 0. The highest BCUT2D eigenvalue weighted by Gasteiger charge is 2.06. The molecule has 0 fully saturated rings. The fourth-order valence-electron chi connectivity index (χ4n) is 2.21. The maximum atomic E-state index is 10.7. The minimum absolute atomic E-state index is 0.167. The van der Waals surface area contributed by atoms with Crippen molar-refractivity contribution >= 4 is 0 Å². The fourth-order valence-corrected chi connectivity index (χ4v) is 2.21. The SMILES string of the molecule is COCOc1cc(-c2ccccc2)on1.O=c1cc(-c2ccccc2)o[nH]1. The van der Waals surface area contributed by atoms with Crippen molar-refractivity contribution in [3.8, 4) is 28.5 Å². The van der Waals surface area contributed by atoms with Gasteiger partial charge in [-0.3, -0.25) is 4.79 Å². The second kappa shape index (κ2) is 9.21. The third-order valence-corrected chi connectivity index (χ3v) is 3.45. The van der Waals surface area contributed by atoms with E-state index in [2.05, 4.69) is 10.3 Å². The summed E-state index contributed by atoms with van der Waals surface area (Å²) in [5.41, 5.74) is 1.65. The second-order valence-corrected chi connectivity index (χ2v) is 5.39. The van der Waals surface area contributed by atoms with E-state index in [1.54, 1.807) is 13.2 Å². The van der Waals surface area contributed by atoms with Crippen LogP contribution in [0.15, 0.2) is 86.6 Å². The molecular formula is C20H18N2O5. The first-order valence-electron chi connectivity index (χ1n) is 8.14. The lowest BCUT2D eigenvalue weighted by atomic mass is 10.2. The first-order valence-corrected chi connectivity index (χ1v) is 8.14. The maximum Gasteiger partial charge on any atom is 0.280 e. The van der Waals surface area contributed by atoms with E-state index >= 15 is 0 Å². The van der Waals surface area contributed by atoms with Crippen LogP contribution in [0.25, 0.3) is 22.6 Å². The summed E-state index contributed by atoms with van der Waals surface area (Å²) in [7, 11) is 1.55. The van der Waals surface area contributed by atoms with Crippen LogP contribution in [-0.4, -0.2) is 24.2 Å². The Bertz CT molecular complexity index is 990. The summed E-state index contributed by atoms with van der Waals surface area (Å²) in [5, 5.41) is 5.99. The normalized spacial score (nSPS) is 10.1. The van der Waals surface area contributed by atoms with Crippen molar-refractivity contribution in [3.05, 3.63) is 83.2 Å². The van der Waals surface area contributed by atoms with Crippen LogP contribution in [0.3, 0.4) is 0 Å². The Kier molecular flexibility index (Phi) is 6.21. The number of H-pyrrole nitrogens is 1. The summed E-state index contributed by atoms with van der Waals surface area (Å²) in [6, 6.07) is 22.3. The van der Waals surface area contributed by atoms with E-state index in [0.29, 0.717) is 17.4 Å². The van der Waals surface area contributed by atoms with Gasteiger partial charge in [0.25, 0.3) is 11.4 Å². The molecule has 0 radical (unpaired) electrons. The van der Waals surface area contributed by atoms with Gasteiger partial charge < -0.3 is 18.5 Å². The van der Waals surface area contributed by atoms with Gasteiger partial charge in [-0.25, -0.2) is 0 Å². The van der Waals surface area contributed by atoms with E-state index in [4.69, 9.17) is 18.5 Å². The molecule has 2 heterocycles. The van der Waals surface area contributed by atoms with Crippen LogP contribution < -0.4 is 10.3 Å². The summed E-state index contributed by atoms with van der Waals surface area (Å²) in [6.07, 6.45) is 0. The van der Waals surface area contributed by atoms with E-state index in [1.165, 1.54) is 6.07 Å². The molecule has 0 amide bonds. The van der Waals surface area contributed by atoms with Gasteiger partial charge in [-0.05, 0) is 5.16 Å². The zero-order valence-corrected chi connectivity index (χ0v) is 14.6. The highest BCUT2D eigenvalue weighted by molar-refractivity contribution is 5.57. The molecule has 2 aromatic carbocycles. The molecule has 0 aliphatic rings. The van der Waals surface area contributed by atoms with Gasteiger partial charge in [-0.15, -0.1) is 0 Å². The molecule has 138 valence electrons.